The van der Waals surface area contributed by atoms with Crippen LogP contribution >= 0.6 is 11.6 Å². The average molecular weight is 287 g/mol. The Kier molecular flexibility index (Phi) is 3.39. The highest BCUT2D eigenvalue weighted by atomic mass is 35.5. The molecule has 0 saturated carbocycles. The first kappa shape index (κ1) is 12.7. The van der Waals surface area contributed by atoms with Gasteiger partial charge in [-0.15, -0.1) is 0 Å². The molecule has 3 aromatic rings. The van der Waals surface area contributed by atoms with E-state index in [2.05, 4.69) is 9.97 Å². The number of hydrogen-bond acceptors (Lipinski definition) is 4. The highest BCUT2D eigenvalue weighted by Crippen LogP contribution is 2.29. The molecule has 3 rings (SSSR count). The molecule has 0 N–H and O–H groups in total. The summed E-state index contributed by atoms with van der Waals surface area (Å²) in [5, 5.41) is 0.960. The van der Waals surface area contributed by atoms with Gasteiger partial charge in [0, 0.05) is 6.07 Å². The van der Waals surface area contributed by atoms with Crippen LogP contribution in [0.5, 0.6) is 17.4 Å². The minimum atomic E-state index is 0.154. The summed E-state index contributed by atoms with van der Waals surface area (Å²) in [6.07, 6.45) is 0. The summed E-state index contributed by atoms with van der Waals surface area (Å²) in [5.41, 5.74) is 0.741. The van der Waals surface area contributed by atoms with Crippen LogP contribution in [0.1, 0.15) is 0 Å². The number of methoxy groups -OCH3 is 1. The first-order valence-electron chi connectivity index (χ1n) is 6.00. The Labute approximate surface area is 121 Å². The van der Waals surface area contributed by atoms with Gasteiger partial charge in [0.05, 0.1) is 18.0 Å². The third kappa shape index (κ3) is 2.51. The second-order valence-corrected chi connectivity index (χ2v) is 4.43. The van der Waals surface area contributed by atoms with Crippen molar-refractivity contribution in [1.82, 2.24) is 9.97 Å². The van der Waals surface area contributed by atoms with E-state index in [0.717, 1.165) is 10.9 Å². The molecular weight excluding hydrogens is 276 g/mol. The van der Waals surface area contributed by atoms with E-state index >= 15 is 0 Å². The van der Waals surface area contributed by atoms with E-state index in [1.807, 2.05) is 42.5 Å². The number of hydrogen-bond donors (Lipinski definition) is 0. The van der Waals surface area contributed by atoms with Gasteiger partial charge in [-0.2, -0.15) is 4.98 Å². The smallest absolute Gasteiger partial charge is 0.231 e. The number of aromatic nitrogens is 2. The molecule has 0 fully saturated rings. The number of para-hydroxylation sites is 1. The predicted molar refractivity (Wildman–Crippen MR) is 77.6 cm³/mol. The van der Waals surface area contributed by atoms with Gasteiger partial charge in [0.15, 0.2) is 0 Å². The number of benzene rings is 2. The molecule has 0 amide bonds. The Morgan fingerprint density at radius 1 is 0.950 bits per heavy atom. The molecule has 20 heavy (non-hydrogen) atoms. The largest absolute Gasteiger partial charge is 0.497 e. The van der Waals surface area contributed by atoms with Gasteiger partial charge in [0.25, 0.3) is 0 Å². The predicted octanol–water partition coefficient (Wildman–Crippen LogP) is 4.08. The molecule has 1 aromatic heterocycles. The minimum absolute atomic E-state index is 0.154. The Bertz CT molecular complexity index is 762. The summed E-state index contributed by atoms with van der Waals surface area (Å²) in [4.78, 5) is 8.30. The topological polar surface area (TPSA) is 44.2 Å². The fourth-order valence-corrected chi connectivity index (χ4v) is 2.04. The van der Waals surface area contributed by atoms with Crippen LogP contribution in [-0.4, -0.2) is 17.1 Å². The van der Waals surface area contributed by atoms with Gasteiger partial charge in [-0.05, 0) is 35.9 Å². The maximum absolute atomic E-state index is 5.92. The fraction of sp³-hybridized carbons (Fsp3) is 0.0667. The van der Waals surface area contributed by atoms with Gasteiger partial charge in [0.1, 0.15) is 11.5 Å². The number of nitrogens with zero attached hydrogens (tertiary/aromatic N) is 2. The Hall–Kier alpha value is -2.33. The van der Waals surface area contributed by atoms with Crippen molar-refractivity contribution in [2.45, 2.75) is 0 Å². The van der Waals surface area contributed by atoms with E-state index in [9.17, 15) is 0 Å². The van der Waals surface area contributed by atoms with Crippen LogP contribution in [0.2, 0.25) is 5.28 Å². The lowest BCUT2D eigenvalue weighted by Crippen LogP contribution is -1.93. The summed E-state index contributed by atoms with van der Waals surface area (Å²) >= 11 is 5.92. The molecule has 0 aliphatic rings. The molecular formula is C15H11ClN2O2. The fourth-order valence-electron chi connectivity index (χ4n) is 1.87. The Morgan fingerprint density at radius 2 is 1.75 bits per heavy atom. The van der Waals surface area contributed by atoms with Crippen molar-refractivity contribution in [2.24, 2.45) is 0 Å². The van der Waals surface area contributed by atoms with E-state index in [1.165, 1.54) is 0 Å². The summed E-state index contributed by atoms with van der Waals surface area (Å²) in [7, 11) is 1.61. The first-order chi connectivity index (χ1) is 9.76. The van der Waals surface area contributed by atoms with Crippen molar-refractivity contribution in [3.05, 3.63) is 53.8 Å². The lowest BCUT2D eigenvalue weighted by molar-refractivity contribution is 0.408. The van der Waals surface area contributed by atoms with Crippen LogP contribution in [-0.2, 0) is 0 Å². The van der Waals surface area contributed by atoms with Gasteiger partial charge in [-0.3, -0.25) is 0 Å². The molecule has 4 nitrogen and oxygen atoms in total. The van der Waals surface area contributed by atoms with Crippen LogP contribution < -0.4 is 9.47 Å². The van der Waals surface area contributed by atoms with Gasteiger partial charge in [-0.1, -0.05) is 18.2 Å². The molecule has 0 atom stereocenters. The van der Waals surface area contributed by atoms with Crippen molar-refractivity contribution >= 4 is 22.5 Å². The normalized spacial score (nSPS) is 10.5. The molecule has 0 bridgehead atoms. The van der Waals surface area contributed by atoms with Gasteiger partial charge in [0.2, 0.25) is 11.2 Å². The summed E-state index contributed by atoms with van der Waals surface area (Å²) in [6, 6.07) is 14.8. The molecule has 0 saturated heterocycles. The van der Waals surface area contributed by atoms with Crippen LogP contribution in [0, 0.1) is 0 Å². The van der Waals surface area contributed by atoms with Crippen molar-refractivity contribution in [1.29, 1.82) is 0 Å². The molecule has 0 unspecified atom stereocenters. The zero-order valence-corrected chi connectivity index (χ0v) is 11.5. The van der Waals surface area contributed by atoms with Crippen molar-refractivity contribution < 1.29 is 9.47 Å². The van der Waals surface area contributed by atoms with E-state index < -0.39 is 0 Å². The maximum Gasteiger partial charge on any atom is 0.231 e. The number of ether oxygens (including phenoxy) is 2. The van der Waals surface area contributed by atoms with Crippen molar-refractivity contribution in [3.8, 4) is 17.4 Å². The van der Waals surface area contributed by atoms with E-state index in [1.54, 1.807) is 13.2 Å². The Balaban J connectivity index is 2.05. The van der Waals surface area contributed by atoms with Crippen LogP contribution in [0.25, 0.3) is 10.9 Å². The first-order valence-corrected chi connectivity index (χ1v) is 6.38. The molecule has 100 valence electrons. The molecule has 0 spiro atoms. The van der Waals surface area contributed by atoms with E-state index in [0.29, 0.717) is 17.4 Å². The standard InChI is InChI=1S/C15H11ClN2O2/c1-19-10-5-4-6-11(9-10)20-14-12-7-2-3-8-13(12)17-15(16)18-14/h2-9H,1H3. The monoisotopic (exact) mass is 286 g/mol. The van der Waals surface area contributed by atoms with Crippen molar-refractivity contribution in [2.75, 3.05) is 7.11 Å². The zero-order chi connectivity index (χ0) is 13.9. The minimum Gasteiger partial charge on any atom is -0.497 e. The lowest BCUT2D eigenvalue weighted by atomic mass is 10.2. The van der Waals surface area contributed by atoms with Crippen LogP contribution in [0.3, 0.4) is 0 Å². The second-order valence-electron chi connectivity index (χ2n) is 4.10. The van der Waals surface area contributed by atoms with Crippen LogP contribution in [0.4, 0.5) is 0 Å². The molecule has 0 radical (unpaired) electrons. The number of rotatable bonds is 3. The molecule has 0 aliphatic carbocycles. The van der Waals surface area contributed by atoms with Crippen LogP contribution in [0.15, 0.2) is 48.5 Å². The summed E-state index contributed by atoms with van der Waals surface area (Å²) in [6.45, 7) is 0. The van der Waals surface area contributed by atoms with Crippen molar-refractivity contribution in [3.63, 3.8) is 0 Å². The van der Waals surface area contributed by atoms with Gasteiger partial charge in [-0.25, -0.2) is 4.98 Å². The Morgan fingerprint density at radius 3 is 2.60 bits per heavy atom. The van der Waals surface area contributed by atoms with Gasteiger partial charge < -0.3 is 9.47 Å². The maximum atomic E-state index is 5.92. The summed E-state index contributed by atoms with van der Waals surface area (Å²) < 4.78 is 11.0. The third-order valence-corrected chi connectivity index (χ3v) is 2.97. The van der Waals surface area contributed by atoms with E-state index in [-0.39, 0.29) is 5.28 Å². The third-order valence-electron chi connectivity index (χ3n) is 2.80. The zero-order valence-electron chi connectivity index (χ0n) is 10.7. The quantitative estimate of drug-likeness (QED) is 0.680. The molecule has 1 heterocycles. The molecule has 0 aliphatic heterocycles. The molecule has 2 aromatic carbocycles. The average Bonchev–Trinajstić information content (AvgIpc) is 2.47. The SMILES string of the molecule is COc1cccc(Oc2nc(Cl)nc3ccccc23)c1. The van der Waals surface area contributed by atoms with Gasteiger partial charge >= 0.3 is 0 Å². The summed E-state index contributed by atoms with van der Waals surface area (Å²) in [5.74, 6) is 1.77. The van der Waals surface area contributed by atoms with E-state index in [4.69, 9.17) is 21.1 Å². The number of fused-ring (bicyclic) bond motifs is 1. The highest BCUT2D eigenvalue weighted by molar-refractivity contribution is 6.28. The number of halogens is 1. The lowest BCUT2D eigenvalue weighted by Gasteiger charge is -2.09. The second kappa shape index (κ2) is 5.35. The highest BCUT2D eigenvalue weighted by Gasteiger charge is 2.08. The molecule has 5 heteroatoms.